The molecule has 0 amide bonds. The second-order valence-electron chi connectivity index (χ2n) is 5.03. The van der Waals surface area contributed by atoms with Gasteiger partial charge >= 0.3 is 0 Å². The first-order valence-corrected chi connectivity index (χ1v) is 7.47. The van der Waals surface area contributed by atoms with Gasteiger partial charge in [0.1, 0.15) is 28.9 Å². The summed E-state index contributed by atoms with van der Waals surface area (Å²) in [5.41, 5.74) is 0. The summed E-state index contributed by atoms with van der Waals surface area (Å²) >= 11 is 1.30. The molecule has 2 aliphatic rings. The molecular formula is C13H12N6OS. The van der Waals surface area contributed by atoms with Crippen LogP contribution in [0.25, 0.3) is 0 Å². The van der Waals surface area contributed by atoms with Gasteiger partial charge in [-0.2, -0.15) is 5.26 Å². The third-order valence-corrected chi connectivity index (χ3v) is 4.52. The Balaban J connectivity index is 1.54. The van der Waals surface area contributed by atoms with Gasteiger partial charge in [-0.1, -0.05) is 11.3 Å². The minimum Gasteiger partial charge on any atom is -0.374 e. The number of nitriles is 1. The van der Waals surface area contributed by atoms with Crippen LogP contribution in [0.1, 0.15) is 11.3 Å². The van der Waals surface area contributed by atoms with Crippen LogP contribution in [0.5, 0.6) is 0 Å². The van der Waals surface area contributed by atoms with E-state index in [9.17, 15) is 0 Å². The minimum absolute atomic E-state index is 0.332. The first kappa shape index (κ1) is 12.5. The van der Waals surface area contributed by atoms with Gasteiger partial charge in [0, 0.05) is 12.6 Å². The van der Waals surface area contributed by atoms with Crippen molar-refractivity contribution in [3.8, 4) is 6.07 Å². The smallest absolute Gasteiger partial charge is 0.189 e. The second kappa shape index (κ2) is 4.95. The topological polar surface area (TPSA) is 87.0 Å². The van der Waals surface area contributed by atoms with E-state index in [1.165, 1.54) is 11.3 Å². The van der Waals surface area contributed by atoms with E-state index < -0.39 is 0 Å². The highest BCUT2D eigenvalue weighted by molar-refractivity contribution is 7.16. The summed E-state index contributed by atoms with van der Waals surface area (Å²) in [7, 11) is 0. The zero-order valence-corrected chi connectivity index (χ0v) is 11.9. The summed E-state index contributed by atoms with van der Waals surface area (Å²) in [5, 5.41) is 12.6. The average molecular weight is 300 g/mol. The summed E-state index contributed by atoms with van der Waals surface area (Å²) in [6.07, 6.45) is 4.50. The predicted molar refractivity (Wildman–Crippen MR) is 77.6 cm³/mol. The highest BCUT2D eigenvalue weighted by atomic mass is 32.1. The van der Waals surface area contributed by atoms with Crippen molar-refractivity contribution >= 4 is 28.1 Å². The van der Waals surface area contributed by atoms with E-state index in [2.05, 4.69) is 31.2 Å². The molecule has 2 bridgehead atoms. The quantitative estimate of drug-likeness (QED) is 0.919. The van der Waals surface area contributed by atoms with E-state index >= 15 is 0 Å². The number of hydrogen-bond donors (Lipinski definition) is 1. The number of rotatable bonds is 3. The molecule has 106 valence electrons. The Kier molecular flexibility index (Phi) is 2.94. The van der Waals surface area contributed by atoms with Crippen molar-refractivity contribution in [1.29, 1.82) is 5.26 Å². The summed E-state index contributed by atoms with van der Waals surface area (Å²) in [6, 6.07) is 4.40. The van der Waals surface area contributed by atoms with E-state index in [4.69, 9.17) is 10.00 Å². The summed E-state index contributed by atoms with van der Waals surface area (Å²) in [6.45, 7) is 1.66. The number of thiazole rings is 1. The van der Waals surface area contributed by atoms with E-state index in [1.807, 2.05) is 6.07 Å². The summed E-state index contributed by atoms with van der Waals surface area (Å²) < 4.78 is 5.60. The molecule has 0 spiro atoms. The first-order valence-electron chi connectivity index (χ1n) is 6.65. The van der Waals surface area contributed by atoms with Gasteiger partial charge in [0.25, 0.3) is 0 Å². The Morgan fingerprint density at radius 1 is 1.43 bits per heavy atom. The lowest BCUT2D eigenvalue weighted by Gasteiger charge is -2.27. The molecule has 0 radical (unpaired) electrons. The molecule has 21 heavy (non-hydrogen) atoms. The van der Waals surface area contributed by atoms with Crippen LogP contribution >= 0.6 is 11.3 Å². The molecule has 8 heteroatoms. The van der Waals surface area contributed by atoms with Gasteiger partial charge in [-0.25, -0.2) is 15.0 Å². The summed E-state index contributed by atoms with van der Waals surface area (Å²) in [4.78, 5) is 15.5. The maximum absolute atomic E-state index is 8.81. The Morgan fingerprint density at radius 3 is 3.10 bits per heavy atom. The van der Waals surface area contributed by atoms with E-state index in [0.717, 1.165) is 25.4 Å². The lowest BCUT2D eigenvalue weighted by atomic mass is 10.2. The van der Waals surface area contributed by atoms with Crippen molar-refractivity contribution in [3.05, 3.63) is 23.5 Å². The standard InChI is InChI=1S/C13H12N6OS/c14-3-10-4-15-13(21-10)18-11-2-12(17-7-16-11)19-5-9-1-8(19)6-20-9/h2,4,7-9H,1,5-6H2,(H,15,16,17,18)/t8-,9-/m0/s1. The molecule has 4 rings (SSSR count). The number of nitrogens with zero attached hydrogens (tertiary/aromatic N) is 5. The van der Waals surface area contributed by atoms with Crippen LogP contribution < -0.4 is 10.2 Å². The van der Waals surface area contributed by atoms with Crippen molar-refractivity contribution in [2.24, 2.45) is 0 Å². The zero-order valence-electron chi connectivity index (χ0n) is 11.1. The van der Waals surface area contributed by atoms with Gasteiger partial charge in [0.15, 0.2) is 5.13 Å². The second-order valence-corrected chi connectivity index (χ2v) is 6.06. The highest BCUT2D eigenvalue weighted by Crippen LogP contribution is 2.32. The van der Waals surface area contributed by atoms with Gasteiger partial charge in [0.05, 0.1) is 24.9 Å². The zero-order chi connectivity index (χ0) is 14.2. The van der Waals surface area contributed by atoms with Gasteiger partial charge in [-0.05, 0) is 6.42 Å². The van der Waals surface area contributed by atoms with Crippen molar-refractivity contribution in [3.63, 3.8) is 0 Å². The lowest BCUT2D eigenvalue weighted by molar-refractivity contribution is 0.0989. The maximum atomic E-state index is 8.81. The van der Waals surface area contributed by atoms with Crippen LogP contribution in [0.2, 0.25) is 0 Å². The number of anilines is 3. The van der Waals surface area contributed by atoms with Crippen LogP contribution in [0.4, 0.5) is 16.8 Å². The largest absolute Gasteiger partial charge is 0.374 e. The fourth-order valence-corrected chi connectivity index (χ4v) is 3.37. The normalized spacial score (nSPS) is 23.3. The van der Waals surface area contributed by atoms with Crippen LogP contribution in [-0.2, 0) is 4.74 Å². The molecule has 2 fully saturated rings. The molecule has 2 aliphatic heterocycles. The maximum Gasteiger partial charge on any atom is 0.189 e. The third-order valence-electron chi connectivity index (χ3n) is 3.70. The van der Waals surface area contributed by atoms with Gasteiger partial charge in [-0.15, -0.1) is 0 Å². The first-order chi connectivity index (χ1) is 10.3. The van der Waals surface area contributed by atoms with Crippen molar-refractivity contribution in [2.75, 3.05) is 23.4 Å². The van der Waals surface area contributed by atoms with Crippen molar-refractivity contribution in [2.45, 2.75) is 18.6 Å². The molecule has 0 aromatic carbocycles. The molecule has 2 aromatic heterocycles. The van der Waals surface area contributed by atoms with Crippen LogP contribution in [0.3, 0.4) is 0 Å². The fraction of sp³-hybridized carbons (Fsp3) is 0.385. The molecular weight excluding hydrogens is 288 g/mol. The van der Waals surface area contributed by atoms with Gasteiger partial charge < -0.3 is 15.0 Å². The van der Waals surface area contributed by atoms with Crippen molar-refractivity contribution < 1.29 is 4.74 Å². The molecule has 1 N–H and O–H groups in total. The molecule has 2 aromatic rings. The number of morpholine rings is 1. The number of hydrogen-bond acceptors (Lipinski definition) is 8. The monoisotopic (exact) mass is 300 g/mol. The highest BCUT2D eigenvalue weighted by Gasteiger charge is 2.39. The van der Waals surface area contributed by atoms with Crippen LogP contribution in [0.15, 0.2) is 18.6 Å². The fourth-order valence-electron chi connectivity index (χ4n) is 2.75. The van der Waals surface area contributed by atoms with E-state index in [-0.39, 0.29) is 0 Å². The molecule has 0 unspecified atom stereocenters. The summed E-state index contributed by atoms with van der Waals surface area (Å²) in [5.74, 6) is 1.59. The number of fused-ring (bicyclic) bond motifs is 2. The van der Waals surface area contributed by atoms with Crippen LogP contribution in [-0.4, -0.2) is 40.2 Å². The molecule has 2 atom stereocenters. The lowest BCUT2D eigenvalue weighted by Crippen LogP contribution is -2.37. The minimum atomic E-state index is 0.332. The van der Waals surface area contributed by atoms with Crippen LogP contribution in [0, 0.1) is 11.3 Å². The van der Waals surface area contributed by atoms with Crippen molar-refractivity contribution in [1.82, 2.24) is 15.0 Å². The third kappa shape index (κ3) is 2.30. The van der Waals surface area contributed by atoms with Gasteiger partial charge in [-0.3, -0.25) is 0 Å². The molecule has 4 heterocycles. The Bertz CT molecular complexity index is 711. The molecule has 0 saturated carbocycles. The Hall–Kier alpha value is -2.24. The van der Waals surface area contributed by atoms with E-state index in [0.29, 0.717) is 28.0 Å². The Labute approximate surface area is 125 Å². The average Bonchev–Trinajstić information content (AvgIpc) is 3.23. The Morgan fingerprint density at radius 2 is 2.38 bits per heavy atom. The molecule has 0 aliphatic carbocycles. The van der Waals surface area contributed by atoms with Gasteiger partial charge in [0.2, 0.25) is 0 Å². The number of aromatic nitrogens is 3. The van der Waals surface area contributed by atoms with E-state index in [1.54, 1.807) is 12.5 Å². The SMILES string of the molecule is N#Cc1cnc(Nc2cc(N3C[C@@H]4C[C@H]3CO4)ncn2)s1. The number of ether oxygens (including phenoxy) is 1. The number of nitrogens with one attached hydrogen (secondary N) is 1. The molecule has 7 nitrogen and oxygen atoms in total. The molecule has 2 saturated heterocycles. The predicted octanol–water partition coefficient (Wildman–Crippen LogP) is 1.53.